The van der Waals surface area contributed by atoms with Crippen LogP contribution in [0.3, 0.4) is 0 Å². The van der Waals surface area contributed by atoms with E-state index >= 15 is 0 Å². The minimum atomic E-state index is 0.564. The van der Waals surface area contributed by atoms with E-state index in [0.717, 1.165) is 13.0 Å². The van der Waals surface area contributed by atoms with Gasteiger partial charge in [0.15, 0.2) is 0 Å². The van der Waals surface area contributed by atoms with E-state index < -0.39 is 0 Å². The summed E-state index contributed by atoms with van der Waals surface area (Å²) in [6.07, 6.45) is 3.53. The smallest absolute Gasteiger partial charge is 0.0868 e. The Bertz CT molecular complexity index is 137. The Labute approximate surface area is 76.2 Å². The second kappa shape index (κ2) is 7.12. The van der Waals surface area contributed by atoms with Crippen LogP contribution in [0.25, 0.3) is 0 Å². The van der Waals surface area contributed by atoms with Crippen LogP contribution in [0.4, 0.5) is 0 Å². The highest BCUT2D eigenvalue weighted by atomic mass is 15.1. The van der Waals surface area contributed by atoms with Crippen LogP contribution in [0.1, 0.15) is 40.0 Å². The summed E-state index contributed by atoms with van der Waals surface area (Å²) in [6, 6.07) is 2.78. The van der Waals surface area contributed by atoms with Crippen molar-refractivity contribution in [1.29, 1.82) is 5.26 Å². The standard InChI is InChI=1S/C10H20N2/c1-4-6-10(3)12(8-5-2)9-7-11/h10H,4-6,8-9H2,1-3H3. The zero-order valence-corrected chi connectivity index (χ0v) is 8.51. The maximum atomic E-state index is 8.59. The molecule has 0 aromatic heterocycles. The van der Waals surface area contributed by atoms with Crippen LogP contribution >= 0.6 is 0 Å². The molecule has 0 N–H and O–H groups in total. The number of hydrogen-bond donors (Lipinski definition) is 0. The van der Waals surface area contributed by atoms with Crippen LogP contribution < -0.4 is 0 Å². The first-order valence-corrected chi connectivity index (χ1v) is 4.87. The van der Waals surface area contributed by atoms with Crippen molar-refractivity contribution >= 4 is 0 Å². The molecule has 2 nitrogen and oxygen atoms in total. The molecule has 0 aliphatic carbocycles. The van der Waals surface area contributed by atoms with Crippen molar-refractivity contribution in [1.82, 2.24) is 4.90 Å². The Hall–Kier alpha value is -0.550. The van der Waals surface area contributed by atoms with E-state index in [1.807, 2.05) is 0 Å². The number of nitrogens with zero attached hydrogens (tertiary/aromatic N) is 2. The van der Waals surface area contributed by atoms with Gasteiger partial charge in [-0.05, 0) is 26.3 Å². The molecule has 0 aromatic carbocycles. The normalized spacial score (nSPS) is 12.9. The minimum Gasteiger partial charge on any atom is -0.288 e. The molecule has 1 atom stereocenters. The Morgan fingerprint density at radius 2 is 2.00 bits per heavy atom. The molecule has 0 aromatic rings. The van der Waals surface area contributed by atoms with Gasteiger partial charge in [-0.1, -0.05) is 20.3 Å². The molecule has 1 unspecified atom stereocenters. The Morgan fingerprint density at radius 1 is 1.33 bits per heavy atom. The summed E-state index contributed by atoms with van der Waals surface area (Å²) in [5.41, 5.74) is 0. The summed E-state index contributed by atoms with van der Waals surface area (Å²) in [4.78, 5) is 2.25. The zero-order valence-electron chi connectivity index (χ0n) is 8.51. The number of rotatable bonds is 6. The third-order valence-electron chi connectivity index (χ3n) is 2.11. The molecule has 0 heterocycles. The lowest BCUT2D eigenvalue weighted by atomic mass is 10.1. The van der Waals surface area contributed by atoms with Gasteiger partial charge < -0.3 is 0 Å². The predicted octanol–water partition coefficient (Wildman–Crippen LogP) is 2.41. The molecular weight excluding hydrogens is 148 g/mol. The van der Waals surface area contributed by atoms with E-state index in [2.05, 4.69) is 31.7 Å². The molecule has 0 aliphatic heterocycles. The monoisotopic (exact) mass is 168 g/mol. The first kappa shape index (κ1) is 11.4. The second-order valence-electron chi connectivity index (χ2n) is 3.27. The van der Waals surface area contributed by atoms with Gasteiger partial charge in [-0.3, -0.25) is 4.90 Å². The van der Waals surface area contributed by atoms with Crippen molar-refractivity contribution in [3.8, 4) is 6.07 Å². The SMILES string of the molecule is CCCC(C)N(CC#N)CCC. The third-order valence-corrected chi connectivity index (χ3v) is 2.11. The van der Waals surface area contributed by atoms with Crippen LogP contribution in [0.15, 0.2) is 0 Å². The summed E-state index contributed by atoms with van der Waals surface area (Å²) >= 11 is 0. The van der Waals surface area contributed by atoms with Crippen molar-refractivity contribution in [2.24, 2.45) is 0 Å². The van der Waals surface area contributed by atoms with E-state index in [1.165, 1.54) is 12.8 Å². The minimum absolute atomic E-state index is 0.564. The first-order valence-electron chi connectivity index (χ1n) is 4.87. The fourth-order valence-electron chi connectivity index (χ4n) is 1.43. The predicted molar refractivity (Wildman–Crippen MR) is 51.8 cm³/mol. The van der Waals surface area contributed by atoms with Gasteiger partial charge in [-0.2, -0.15) is 5.26 Å². The van der Waals surface area contributed by atoms with Crippen LogP contribution in [-0.4, -0.2) is 24.0 Å². The van der Waals surface area contributed by atoms with Gasteiger partial charge in [-0.25, -0.2) is 0 Å². The van der Waals surface area contributed by atoms with Crippen molar-refractivity contribution in [2.45, 2.75) is 46.1 Å². The lowest BCUT2D eigenvalue weighted by Crippen LogP contribution is -2.33. The van der Waals surface area contributed by atoms with Crippen LogP contribution in [0, 0.1) is 11.3 Å². The van der Waals surface area contributed by atoms with Gasteiger partial charge in [0.1, 0.15) is 0 Å². The fraction of sp³-hybridized carbons (Fsp3) is 0.900. The average molecular weight is 168 g/mol. The van der Waals surface area contributed by atoms with Crippen molar-refractivity contribution in [3.63, 3.8) is 0 Å². The Morgan fingerprint density at radius 3 is 2.42 bits per heavy atom. The summed E-state index contributed by atoms with van der Waals surface area (Å²) < 4.78 is 0. The molecule has 70 valence electrons. The highest BCUT2D eigenvalue weighted by molar-refractivity contribution is 4.79. The third kappa shape index (κ3) is 4.35. The lowest BCUT2D eigenvalue weighted by Gasteiger charge is -2.25. The fourth-order valence-corrected chi connectivity index (χ4v) is 1.43. The molecule has 0 rings (SSSR count). The lowest BCUT2D eigenvalue weighted by molar-refractivity contribution is 0.223. The van der Waals surface area contributed by atoms with Crippen molar-refractivity contribution < 1.29 is 0 Å². The molecule has 0 fully saturated rings. The quantitative estimate of drug-likeness (QED) is 0.569. The average Bonchev–Trinajstić information content (AvgIpc) is 2.04. The summed E-state index contributed by atoms with van der Waals surface area (Å²) in [6.45, 7) is 8.18. The van der Waals surface area contributed by atoms with Crippen LogP contribution in [0.2, 0.25) is 0 Å². The molecule has 0 saturated carbocycles. The Kier molecular flexibility index (Phi) is 6.79. The second-order valence-corrected chi connectivity index (χ2v) is 3.27. The van der Waals surface area contributed by atoms with Crippen LogP contribution in [0.5, 0.6) is 0 Å². The summed E-state index contributed by atoms with van der Waals surface area (Å²) in [7, 11) is 0. The van der Waals surface area contributed by atoms with E-state index in [9.17, 15) is 0 Å². The maximum Gasteiger partial charge on any atom is 0.0868 e. The molecule has 12 heavy (non-hydrogen) atoms. The highest BCUT2D eigenvalue weighted by Crippen LogP contribution is 2.06. The largest absolute Gasteiger partial charge is 0.288 e. The molecule has 0 bridgehead atoms. The van der Waals surface area contributed by atoms with Crippen LogP contribution in [-0.2, 0) is 0 Å². The summed E-state index contributed by atoms with van der Waals surface area (Å²) in [5.74, 6) is 0. The van der Waals surface area contributed by atoms with Gasteiger partial charge in [-0.15, -0.1) is 0 Å². The van der Waals surface area contributed by atoms with E-state index in [-0.39, 0.29) is 0 Å². The molecular formula is C10H20N2. The van der Waals surface area contributed by atoms with Gasteiger partial charge in [0.05, 0.1) is 12.6 Å². The van der Waals surface area contributed by atoms with E-state index in [0.29, 0.717) is 12.6 Å². The van der Waals surface area contributed by atoms with Gasteiger partial charge in [0.2, 0.25) is 0 Å². The molecule has 0 spiro atoms. The van der Waals surface area contributed by atoms with Gasteiger partial charge in [0.25, 0.3) is 0 Å². The van der Waals surface area contributed by atoms with Crippen molar-refractivity contribution in [2.75, 3.05) is 13.1 Å². The van der Waals surface area contributed by atoms with Crippen molar-refractivity contribution in [3.05, 3.63) is 0 Å². The topological polar surface area (TPSA) is 27.0 Å². The first-order chi connectivity index (χ1) is 5.76. The Balaban J connectivity index is 3.82. The zero-order chi connectivity index (χ0) is 9.40. The van der Waals surface area contributed by atoms with E-state index in [1.54, 1.807) is 0 Å². The maximum absolute atomic E-state index is 8.59. The highest BCUT2D eigenvalue weighted by Gasteiger charge is 2.10. The molecule has 0 radical (unpaired) electrons. The molecule has 0 amide bonds. The molecule has 0 aliphatic rings. The summed E-state index contributed by atoms with van der Waals surface area (Å²) in [5, 5.41) is 8.59. The molecule has 0 saturated heterocycles. The number of hydrogen-bond acceptors (Lipinski definition) is 2. The van der Waals surface area contributed by atoms with Gasteiger partial charge >= 0.3 is 0 Å². The number of nitriles is 1. The van der Waals surface area contributed by atoms with E-state index in [4.69, 9.17) is 5.26 Å². The molecule has 2 heteroatoms. The van der Waals surface area contributed by atoms with Gasteiger partial charge in [0, 0.05) is 6.04 Å².